The quantitative estimate of drug-likeness (QED) is 0.579. The minimum atomic E-state index is -0.786. The lowest BCUT2D eigenvalue weighted by Gasteiger charge is -2.27. The molecule has 2 N–H and O–H groups in total. The van der Waals surface area contributed by atoms with Crippen molar-refractivity contribution in [3.8, 4) is 10.4 Å². The maximum atomic E-state index is 13.1. The molecule has 172 valence electrons. The highest BCUT2D eigenvalue weighted by Gasteiger charge is 2.40. The van der Waals surface area contributed by atoms with Crippen LogP contribution in [0.15, 0.2) is 59.0 Å². The van der Waals surface area contributed by atoms with E-state index in [1.165, 1.54) is 15.5 Å². The van der Waals surface area contributed by atoms with E-state index < -0.39 is 18.2 Å². The van der Waals surface area contributed by atoms with Gasteiger partial charge in [0.2, 0.25) is 11.8 Å². The van der Waals surface area contributed by atoms with Crippen molar-refractivity contribution in [3.63, 3.8) is 0 Å². The Morgan fingerprint density at radius 1 is 1.24 bits per heavy atom. The van der Waals surface area contributed by atoms with Gasteiger partial charge >= 0.3 is 0 Å². The number of aliphatic hydroxyl groups is 1. The minimum Gasteiger partial charge on any atom is -0.391 e. The van der Waals surface area contributed by atoms with Gasteiger partial charge in [0.25, 0.3) is 5.56 Å². The molecule has 33 heavy (non-hydrogen) atoms. The van der Waals surface area contributed by atoms with Gasteiger partial charge in [0.15, 0.2) is 0 Å². The van der Waals surface area contributed by atoms with Crippen LogP contribution < -0.4 is 10.9 Å². The summed E-state index contributed by atoms with van der Waals surface area (Å²) in [6, 6.07) is 11.0. The summed E-state index contributed by atoms with van der Waals surface area (Å²) in [4.78, 5) is 44.9. The van der Waals surface area contributed by atoms with Crippen LogP contribution in [0, 0.1) is 6.92 Å². The molecule has 0 saturated carbocycles. The Morgan fingerprint density at radius 3 is 2.67 bits per heavy atom. The van der Waals surface area contributed by atoms with Crippen molar-refractivity contribution < 1.29 is 14.7 Å². The topological polar surface area (TPSA) is 105 Å². The van der Waals surface area contributed by atoms with E-state index in [1.54, 1.807) is 36.6 Å². The number of thiazole rings is 1. The Labute approximate surface area is 195 Å². The van der Waals surface area contributed by atoms with E-state index in [1.807, 2.05) is 36.7 Å². The molecule has 3 heterocycles. The van der Waals surface area contributed by atoms with E-state index >= 15 is 0 Å². The van der Waals surface area contributed by atoms with Crippen molar-refractivity contribution in [3.05, 3.63) is 75.8 Å². The zero-order chi connectivity index (χ0) is 23.5. The van der Waals surface area contributed by atoms with Crippen molar-refractivity contribution in [1.29, 1.82) is 0 Å². The summed E-state index contributed by atoms with van der Waals surface area (Å²) in [6.45, 7) is 3.96. The molecule has 4 rings (SSSR count). The Hall–Kier alpha value is -3.30. The van der Waals surface area contributed by atoms with Crippen LogP contribution >= 0.6 is 11.3 Å². The molecule has 1 unspecified atom stereocenters. The fraction of sp³-hybridized carbons (Fsp3) is 0.333. The molecule has 1 aliphatic heterocycles. The fourth-order valence-electron chi connectivity index (χ4n) is 4.08. The summed E-state index contributed by atoms with van der Waals surface area (Å²) in [7, 11) is 0. The smallest absolute Gasteiger partial charge is 0.251 e. The zero-order valence-electron chi connectivity index (χ0n) is 18.5. The van der Waals surface area contributed by atoms with Crippen LogP contribution in [0.4, 0.5) is 0 Å². The van der Waals surface area contributed by atoms with Gasteiger partial charge in [-0.1, -0.05) is 30.3 Å². The second-order valence-corrected chi connectivity index (χ2v) is 9.05. The number of β-amino-alcohol motifs (C(OH)–C–C–N with tert-alkyl or cyclic N) is 1. The number of hydrogen-bond acceptors (Lipinski definition) is 6. The number of aliphatic hydroxyl groups excluding tert-OH is 1. The number of carbonyl (C=O) groups excluding carboxylic acids is 2. The van der Waals surface area contributed by atoms with E-state index in [0.29, 0.717) is 6.54 Å². The number of aromatic nitrogens is 2. The monoisotopic (exact) mass is 466 g/mol. The van der Waals surface area contributed by atoms with Gasteiger partial charge in [-0.15, -0.1) is 11.3 Å². The molecule has 3 aromatic rings. The summed E-state index contributed by atoms with van der Waals surface area (Å²) in [5, 5.41) is 13.0. The lowest BCUT2D eigenvalue weighted by atomic mass is 10.1. The Bertz CT molecular complexity index is 1200. The highest BCUT2D eigenvalue weighted by Crippen LogP contribution is 2.27. The Kier molecular flexibility index (Phi) is 6.71. The van der Waals surface area contributed by atoms with Gasteiger partial charge < -0.3 is 19.9 Å². The lowest BCUT2D eigenvalue weighted by Crippen LogP contribution is -2.48. The number of likely N-dealkylation sites (tertiary alicyclic amines) is 1. The van der Waals surface area contributed by atoms with Gasteiger partial charge in [-0.3, -0.25) is 14.4 Å². The van der Waals surface area contributed by atoms with Crippen molar-refractivity contribution in [1.82, 2.24) is 19.8 Å². The third-order valence-corrected chi connectivity index (χ3v) is 6.90. The van der Waals surface area contributed by atoms with Gasteiger partial charge in [-0.05, 0) is 31.0 Å². The number of pyridine rings is 1. The van der Waals surface area contributed by atoms with Gasteiger partial charge in [0.05, 0.1) is 22.2 Å². The number of benzene rings is 1. The molecule has 0 bridgehead atoms. The summed E-state index contributed by atoms with van der Waals surface area (Å²) in [5.41, 5.74) is 4.51. The average molecular weight is 467 g/mol. The zero-order valence-corrected chi connectivity index (χ0v) is 19.3. The number of aryl methyl sites for hydroxylation is 1. The molecular formula is C24H26N4O4S. The largest absolute Gasteiger partial charge is 0.391 e. The van der Waals surface area contributed by atoms with Crippen LogP contribution in [-0.4, -0.2) is 50.1 Å². The highest BCUT2D eigenvalue weighted by atomic mass is 32.1. The fourth-order valence-corrected chi connectivity index (χ4v) is 4.90. The minimum absolute atomic E-state index is 0.0613. The van der Waals surface area contributed by atoms with Crippen LogP contribution in [-0.2, 0) is 16.1 Å². The molecule has 0 radical (unpaired) electrons. The van der Waals surface area contributed by atoms with Crippen molar-refractivity contribution in [2.24, 2.45) is 0 Å². The summed E-state index contributed by atoms with van der Waals surface area (Å²) in [6.07, 6.45) is 0.924. The Balaban J connectivity index is 1.41. The average Bonchev–Trinajstić information content (AvgIpc) is 3.42. The molecule has 1 aliphatic rings. The maximum Gasteiger partial charge on any atom is 0.251 e. The molecule has 1 aromatic carbocycles. The first kappa shape index (κ1) is 22.9. The number of nitrogens with zero attached hydrogens (tertiary/aromatic N) is 3. The summed E-state index contributed by atoms with van der Waals surface area (Å²) >= 11 is 1.58. The molecule has 3 atom stereocenters. The highest BCUT2D eigenvalue weighted by molar-refractivity contribution is 7.13. The second-order valence-electron chi connectivity index (χ2n) is 8.20. The van der Waals surface area contributed by atoms with E-state index in [2.05, 4.69) is 10.3 Å². The van der Waals surface area contributed by atoms with Crippen LogP contribution in [0.25, 0.3) is 10.4 Å². The van der Waals surface area contributed by atoms with E-state index in [0.717, 1.165) is 21.7 Å². The molecule has 1 saturated heterocycles. The standard InChI is InChI=1S/C24H26N4O4S/c1-15-22(33-14-26-15)18-8-6-17(7-9-18)12-25-23(31)20-11-19(29)13-28(20)24(32)16(2)27-10-4-3-5-21(27)30/h3-10,14,16,19-20,29H,11-13H2,1-2H3,(H,25,31)/t16?,19-,20+/m1/s1. The lowest BCUT2D eigenvalue weighted by molar-refractivity contribution is -0.140. The van der Waals surface area contributed by atoms with Crippen LogP contribution in [0.3, 0.4) is 0 Å². The van der Waals surface area contributed by atoms with E-state index in [9.17, 15) is 19.5 Å². The summed E-state index contributed by atoms with van der Waals surface area (Å²) in [5.74, 6) is -0.695. The molecule has 2 aromatic heterocycles. The molecule has 0 aliphatic carbocycles. The second kappa shape index (κ2) is 9.68. The molecular weight excluding hydrogens is 440 g/mol. The van der Waals surface area contributed by atoms with Crippen LogP contribution in [0.1, 0.15) is 30.6 Å². The van der Waals surface area contributed by atoms with Gasteiger partial charge in [0.1, 0.15) is 12.1 Å². The summed E-state index contributed by atoms with van der Waals surface area (Å²) < 4.78 is 1.33. The maximum absolute atomic E-state index is 13.1. The van der Waals surface area contributed by atoms with Crippen molar-refractivity contribution in [2.75, 3.05) is 6.54 Å². The predicted octanol–water partition coefficient (Wildman–Crippen LogP) is 2.12. The first-order valence-corrected chi connectivity index (χ1v) is 11.7. The van der Waals surface area contributed by atoms with E-state index in [-0.39, 0.29) is 30.3 Å². The number of hydrogen-bond donors (Lipinski definition) is 2. The molecule has 2 amide bonds. The SMILES string of the molecule is Cc1ncsc1-c1ccc(CNC(=O)[C@@H]2C[C@@H](O)CN2C(=O)C(C)n2ccccc2=O)cc1. The van der Waals surface area contributed by atoms with Crippen LogP contribution in [0.2, 0.25) is 0 Å². The predicted molar refractivity (Wildman–Crippen MR) is 126 cm³/mol. The first-order chi connectivity index (χ1) is 15.8. The first-order valence-electron chi connectivity index (χ1n) is 10.8. The third-order valence-electron chi connectivity index (χ3n) is 5.92. The molecule has 0 spiro atoms. The number of amides is 2. The van der Waals surface area contributed by atoms with Gasteiger partial charge in [0, 0.05) is 31.8 Å². The van der Waals surface area contributed by atoms with Crippen molar-refractivity contribution >= 4 is 23.2 Å². The number of rotatable bonds is 6. The van der Waals surface area contributed by atoms with Gasteiger partial charge in [-0.2, -0.15) is 0 Å². The molecule has 9 heteroatoms. The molecule has 1 fully saturated rings. The van der Waals surface area contributed by atoms with E-state index in [4.69, 9.17) is 0 Å². The Morgan fingerprint density at radius 2 is 2.00 bits per heavy atom. The number of nitrogens with one attached hydrogen (secondary N) is 1. The third kappa shape index (κ3) is 4.89. The van der Waals surface area contributed by atoms with Crippen LogP contribution in [0.5, 0.6) is 0 Å². The molecule has 8 nitrogen and oxygen atoms in total. The van der Waals surface area contributed by atoms with Crippen molar-refractivity contribution in [2.45, 2.75) is 45.0 Å². The number of carbonyl (C=O) groups is 2. The van der Waals surface area contributed by atoms with Gasteiger partial charge in [-0.25, -0.2) is 4.98 Å². The normalized spacial score (nSPS) is 18.8.